The number of hydrogen-bond donors (Lipinski definition) is 0. The fraction of sp³-hybridized carbons (Fsp3) is 0.0357. The van der Waals surface area contributed by atoms with Crippen LogP contribution in [0.1, 0.15) is 11.1 Å². The molecule has 11 aromatic rings. The molecule has 0 fully saturated rings. The smallest absolute Gasteiger partial charge is 0.0555 e. The second kappa shape index (κ2) is 14.3. The maximum atomic E-state index is 2.48. The number of nitrogens with zero attached hydrogens (tertiary/aromatic N) is 2. The first-order chi connectivity index (χ1) is 29.1. The molecule has 0 aliphatic carbocycles. The Morgan fingerprint density at radius 2 is 0.898 bits per heavy atom. The lowest BCUT2D eigenvalue weighted by atomic mass is 9.96. The summed E-state index contributed by atoms with van der Waals surface area (Å²) in [6, 6.07) is 75.4. The maximum Gasteiger partial charge on any atom is 0.0555 e. The molecule has 2 nitrogen and oxygen atoms in total. The Morgan fingerprint density at radius 3 is 1.49 bits per heavy atom. The Kier molecular flexibility index (Phi) is 8.49. The van der Waals surface area contributed by atoms with E-state index < -0.39 is 0 Å². The lowest BCUT2D eigenvalue weighted by molar-refractivity contribution is 1.18. The third-order valence-corrected chi connectivity index (χ3v) is 13.1. The molecule has 0 aliphatic heterocycles. The fourth-order valence-corrected chi connectivity index (χ4v) is 10.4. The van der Waals surface area contributed by atoms with Gasteiger partial charge in [0.1, 0.15) is 0 Å². The molecule has 0 aliphatic rings. The van der Waals surface area contributed by atoms with Crippen molar-refractivity contribution in [3.63, 3.8) is 0 Å². The summed E-state index contributed by atoms with van der Waals surface area (Å²) in [6.45, 7) is 4.47. The standard InChI is InChI=1S/C56H40N2S/c1-37-35-41(29-31-43(37)39-17-5-3-6-18-39)57(42-30-32-44(38(2)36-42)40-19-7-4-8-20-40)53-34-33-48(56-55(53)49-24-12-16-28-54(49)59-56)47-23-11-15-27-52(47)58-50-25-13-9-21-45(50)46-22-10-14-26-51(46)58/h3-36H,1-2H3. The van der Waals surface area contributed by atoms with Crippen molar-refractivity contribution in [3.05, 3.63) is 217 Å². The molecule has 9 aromatic carbocycles. The Hall–Kier alpha value is -7.20. The van der Waals surface area contributed by atoms with Crippen LogP contribution in [0.25, 0.3) is 81.0 Å². The van der Waals surface area contributed by atoms with Crippen LogP contribution in [-0.4, -0.2) is 4.57 Å². The van der Waals surface area contributed by atoms with Gasteiger partial charge in [0, 0.05) is 53.4 Å². The average Bonchev–Trinajstić information content (AvgIpc) is 3.84. The monoisotopic (exact) mass is 772 g/mol. The molecule has 0 saturated carbocycles. The van der Waals surface area contributed by atoms with Gasteiger partial charge in [0.25, 0.3) is 0 Å². The Labute approximate surface area is 348 Å². The second-order valence-electron chi connectivity index (χ2n) is 15.4. The van der Waals surface area contributed by atoms with Crippen LogP contribution in [0.2, 0.25) is 0 Å². The van der Waals surface area contributed by atoms with Crippen LogP contribution in [0.5, 0.6) is 0 Å². The highest BCUT2D eigenvalue weighted by atomic mass is 32.1. The molecule has 2 aromatic heterocycles. The van der Waals surface area contributed by atoms with Crippen molar-refractivity contribution in [3.8, 4) is 39.1 Å². The molecule has 0 amide bonds. The van der Waals surface area contributed by atoms with Crippen LogP contribution in [-0.2, 0) is 0 Å². The quantitative estimate of drug-likeness (QED) is 0.157. The molecular weight excluding hydrogens is 733 g/mol. The van der Waals surface area contributed by atoms with E-state index in [4.69, 9.17) is 0 Å². The van der Waals surface area contributed by atoms with Crippen molar-refractivity contribution in [2.75, 3.05) is 4.90 Å². The summed E-state index contributed by atoms with van der Waals surface area (Å²) in [5.74, 6) is 0. The number of aromatic nitrogens is 1. The van der Waals surface area contributed by atoms with E-state index >= 15 is 0 Å². The van der Waals surface area contributed by atoms with E-state index in [9.17, 15) is 0 Å². The lowest BCUT2D eigenvalue weighted by Gasteiger charge is -2.28. The fourth-order valence-electron chi connectivity index (χ4n) is 9.17. The number of thiophene rings is 1. The van der Waals surface area contributed by atoms with E-state index in [1.807, 2.05) is 11.3 Å². The van der Waals surface area contributed by atoms with Crippen molar-refractivity contribution in [1.29, 1.82) is 0 Å². The summed E-state index contributed by atoms with van der Waals surface area (Å²) >= 11 is 1.89. The van der Waals surface area contributed by atoms with E-state index in [-0.39, 0.29) is 0 Å². The summed E-state index contributed by atoms with van der Waals surface area (Å²) in [6.07, 6.45) is 0. The first-order valence-electron chi connectivity index (χ1n) is 20.3. The minimum Gasteiger partial charge on any atom is -0.310 e. The van der Waals surface area contributed by atoms with Crippen LogP contribution < -0.4 is 4.90 Å². The van der Waals surface area contributed by atoms with Gasteiger partial charge in [0.05, 0.1) is 22.4 Å². The van der Waals surface area contributed by atoms with Gasteiger partial charge in [0.2, 0.25) is 0 Å². The number of para-hydroxylation sites is 3. The molecular formula is C56H40N2S. The minimum absolute atomic E-state index is 1.13. The summed E-state index contributed by atoms with van der Waals surface area (Å²) in [7, 11) is 0. The van der Waals surface area contributed by atoms with Crippen LogP contribution >= 0.6 is 11.3 Å². The van der Waals surface area contributed by atoms with Crippen molar-refractivity contribution < 1.29 is 0 Å². The number of anilines is 3. The van der Waals surface area contributed by atoms with E-state index in [2.05, 4.69) is 230 Å². The highest BCUT2D eigenvalue weighted by Crippen LogP contribution is 2.50. The Bertz CT molecular complexity index is 3210. The molecule has 59 heavy (non-hydrogen) atoms. The van der Waals surface area contributed by atoms with Gasteiger partial charge in [-0.15, -0.1) is 11.3 Å². The molecule has 0 bridgehead atoms. The molecule has 280 valence electrons. The molecule has 3 heteroatoms. The highest BCUT2D eigenvalue weighted by Gasteiger charge is 2.24. The summed E-state index contributed by atoms with van der Waals surface area (Å²) < 4.78 is 5.00. The third-order valence-electron chi connectivity index (χ3n) is 11.9. The summed E-state index contributed by atoms with van der Waals surface area (Å²) in [5, 5.41) is 5.05. The van der Waals surface area contributed by atoms with Gasteiger partial charge in [-0.05, 0) is 102 Å². The SMILES string of the molecule is Cc1cc(N(c2ccc(-c3ccccc3)c(C)c2)c2ccc(-c3ccccc3-n3c4ccccc4c4ccccc43)c3sc4ccccc4c23)ccc1-c1ccccc1. The van der Waals surface area contributed by atoms with Gasteiger partial charge in [-0.2, -0.15) is 0 Å². The normalized spacial score (nSPS) is 11.6. The van der Waals surface area contributed by atoms with E-state index in [0.717, 1.165) is 17.1 Å². The van der Waals surface area contributed by atoms with Crippen LogP contribution in [0.15, 0.2) is 206 Å². The lowest BCUT2D eigenvalue weighted by Crippen LogP contribution is -2.11. The van der Waals surface area contributed by atoms with Gasteiger partial charge in [0.15, 0.2) is 0 Å². The predicted octanol–water partition coefficient (Wildman–Crippen LogP) is 16.2. The van der Waals surface area contributed by atoms with Crippen LogP contribution in [0, 0.1) is 13.8 Å². The first-order valence-corrected chi connectivity index (χ1v) is 21.1. The third kappa shape index (κ3) is 5.85. The zero-order valence-electron chi connectivity index (χ0n) is 32.9. The largest absolute Gasteiger partial charge is 0.310 e. The summed E-state index contributed by atoms with van der Waals surface area (Å²) in [4.78, 5) is 2.48. The van der Waals surface area contributed by atoms with Crippen molar-refractivity contribution >= 4 is 70.4 Å². The van der Waals surface area contributed by atoms with Crippen molar-refractivity contribution in [1.82, 2.24) is 4.57 Å². The number of hydrogen-bond acceptors (Lipinski definition) is 2. The van der Waals surface area contributed by atoms with Gasteiger partial charge in [-0.3, -0.25) is 0 Å². The first kappa shape index (κ1) is 35.0. The van der Waals surface area contributed by atoms with Crippen molar-refractivity contribution in [2.24, 2.45) is 0 Å². The van der Waals surface area contributed by atoms with Crippen LogP contribution in [0.4, 0.5) is 17.1 Å². The van der Waals surface area contributed by atoms with E-state index in [1.165, 1.54) is 92.2 Å². The van der Waals surface area contributed by atoms with Crippen molar-refractivity contribution in [2.45, 2.75) is 13.8 Å². The molecule has 0 unspecified atom stereocenters. The van der Waals surface area contributed by atoms with Crippen LogP contribution in [0.3, 0.4) is 0 Å². The predicted molar refractivity (Wildman–Crippen MR) is 254 cm³/mol. The molecule has 0 atom stereocenters. The number of aryl methyl sites for hydroxylation is 2. The molecule has 2 heterocycles. The molecule has 11 rings (SSSR count). The Morgan fingerprint density at radius 1 is 0.407 bits per heavy atom. The number of benzene rings is 9. The van der Waals surface area contributed by atoms with E-state index in [0.29, 0.717) is 0 Å². The molecule has 0 saturated heterocycles. The average molecular weight is 773 g/mol. The maximum absolute atomic E-state index is 2.48. The molecule has 0 radical (unpaired) electrons. The highest BCUT2D eigenvalue weighted by molar-refractivity contribution is 7.26. The minimum atomic E-state index is 1.13. The molecule has 0 N–H and O–H groups in total. The Balaban J connectivity index is 1.16. The number of fused-ring (bicyclic) bond motifs is 6. The van der Waals surface area contributed by atoms with E-state index in [1.54, 1.807) is 0 Å². The number of rotatable bonds is 7. The van der Waals surface area contributed by atoms with Gasteiger partial charge in [-0.25, -0.2) is 0 Å². The van der Waals surface area contributed by atoms with Gasteiger partial charge in [-0.1, -0.05) is 152 Å². The van der Waals surface area contributed by atoms with Gasteiger partial charge >= 0.3 is 0 Å². The topological polar surface area (TPSA) is 8.17 Å². The summed E-state index contributed by atoms with van der Waals surface area (Å²) in [5.41, 5.74) is 16.9. The zero-order valence-corrected chi connectivity index (χ0v) is 33.7. The van der Waals surface area contributed by atoms with Gasteiger partial charge < -0.3 is 9.47 Å². The molecule has 0 spiro atoms. The zero-order chi connectivity index (χ0) is 39.5. The second-order valence-corrected chi connectivity index (χ2v) is 16.4.